The molecule has 0 spiro atoms. The second kappa shape index (κ2) is 5.99. The molecule has 1 fully saturated rings. The third-order valence-corrected chi connectivity index (χ3v) is 5.57. The summed E-state index contributed by atoms with van der Waals surface area (Å²) in [7, 11) is -3.97. The van der Waals surface area contributed by atoms with E-state index >= 15 is 0 Å². The molecule has 0 amide bonds. The summed E-state index contributed by atoms with van der Waals surface area (Å²) in [5.41, 5.74) is -0.666. The number of nitrogens with zero attached hydrogens (tertiary/aromatic N) is 1. The van der Waals surface area contributed by atoms with E-state index in [1.807, 2.05) is 0 Å². The molecular formula is C12H15BrN2O5S. The summed E-state index contributed by atoms with van der Waals surface area (Å²) in [6, 6.07) is 3.79. The number of hydrogen-bond acceptors (Lipinski definition) is 5. The van der Waals surface area contributed by atoms with Gasteiger partial charge in [0.05, 0.1) is 4.92 Å². The van der Waals surface area contributed by atoms with E-state index in [4.69, 9.17) is 5.11 Å². The zero-order valence-electron chi connectivity index (χ0n) is 11.1. The lowest BCUT2D eigenvalue weighted by molar-refractivity contribution is -0.387. The molecule has 21 heavy (non-hydrogen) atoms. The van der Waals surface area contributed by atoms with Crippen LogP contribution in [0.25, 0.3) is 0 Å². The summed E-state index contributed by atoms with van der Waals surface area (Å²) in [6.45, 7) is 0.179. The number of rotatable bonds is 7. The van der Waals surface area contributed by atoms with Crippen molar-refractivity contribution in [1.82, 2.24) is 4.72 Å². The maximum absolute atomic E-state index is 12.3. The van der Waals surface area contributed by atoms with Crippen LogP contribution in [0, 0.1) is 15.5 Å². The Morgan fingerprint density at radius 1 is 1.43 bits per heavy atom. The first kappa shape index (κ1) is 16.3. The number of sulfonamides is 1. The van der Waals surface area contributed by atoms with Gasteiger partial charge in [-0.15, -0.1) is 0 Å². The Labute approximate surface area is 130 Å². The molecule has 1 saturated carbocycles. The van der Waals surface area contributed by atoms with Crippen LogP contribution in [0.15, 0.2) is 27.6 Å². The van der Waals surface area contributed by atoms with Gasteiger partial charge in [0.1, 0.15) is 0 Å². The Morgan fingerprint density at radius 2 is 2.10 bits per heavy atom. The summed E-state index contributed by atoms with van der Waals surface area (Å²) in [5.74, 6) is 0. The zero-order valence-corrected chi connectivity index (χ0v) is 13.5. The standard InChI is InChI=1S/C12H15BrN2O5S/c13-9-1-2-10(15(17)18)11(7-9)21(19,20)14-8-12(3-4-12)5-6-16/h1-2,7,14,16H,3-6,8H2. The summed E-state index contributed by atoms with van der Waals surface area (Å²) < 4.78 is 27.4. The van der Waals surface area contributed by atoms with Crippen LogP contribution in [0.4, 0.5) is 5.69 Å². The second-order valence-electron chi connectivity index (χ2n) is 5.17. The maximum atomic E-state index is 12.3. The first-order chi connectivity index (χ1) is 9.80. The first-order valence-electron chi connectivity index (χ1n) is 6.34. The SMILES string of the molecule is O=[N+]([O-])c1ccc(Br)cc1S(=O)(=O)NCC1(CCO)CC1. The van der Waals surface area contributed by atoms with Gasteiger partial charge in [-0.3, -0.25) is 10.1 Å². The predicted molar refractivity (Wildman–Crippen MR) is 79.4 cm³/mol. The van der Waals surface area contributed by atoms with Crippen molar-refractivity contribution in [3.8, 4) is 0 Å². The molecule has 0 bridgehead atoms. The molecular weight excluding hydrogens is 364 g/mol. The highest BCUT2D eigenvalue weighted by molar-refractivity contribution is 9.10. The van der Waals surface area contributed by atoms with Gasteiger partial charge >= 0.3 is 0 Å². The number of benzene rings is 1. The summed E-state index contributed by atoms with van der Waals surface area (Å²) in [4.78, 5) is 9.88. The third-order valence-electron chi connectivity index (χ3n) is 3.64. The van der Waals surface area contributed by atoms with E-state index in [0.29, 0.717) is 10.9 Å². The van der Waals surface area contributed by atoms with Crippen molar-refractivity contribution in [2.45, 2.75) is 24.2 Å². The predicted octanol–water partition coefficient (Wildman–Crippen LogP) is 1.80. The van der Waals surface area contributed by atoms with Gasteiger partial charge < -0.3 is 5.11 Å². The lowest BCUT2D eigenvalue weighted by atomic mass is 10.0. The maximum Gasteiger partial charge on any atom is 0.289 e. The number of hydrogen-bond donors (Lipinski definition) is 2. The fourth-order valence-electron chi connectivity index (χ4n) is 2.11. The van der Waals surface area contributed by atoms with E-state index in [0.717, 1.165) is 18.9 Å². The molecule has 1 aromatic carbocycles. The molecule has 0 aromatic heterocycles. The highest BCUT2D eigenvalue weighted by Gasteiger charge is 2.43. The smallest absolute Gasteiger partial charge is 0.289 e. The van der Waals surface area contributed by atoms with Gasteiger partial charge in [-0.2, -0.15) is 0 Å². The van der Waals surface area contributed by atoms with Crippen LogP contribution in [0.1, 0.15) is 19.3 Å². The molecule has 0 aliphatic heterocycles. The molecule has 0 unspecified atom stereocenters. The number of aliphatic hydroxyl groups excluding tert-OH is 1. The van der Waals surface area contributed by atoms with Crippen LogP contribution < -0.4 is 4.72 Å². The second-order valence-corrected chi connectivity index (χ2v) is 7.82. The average Bonchev–Trinajstić information content (AvgIpc) is 3.17. The molecule has 0 saturated heterocycles. The van der Waals surface area contributed by atoms with Crippen molar-refractivity contribution >= 4 is 31.6 Å². The van der Waals surface area contributed by atoms with Gasteiger partial charge in [-0.05, 0) is 36.8 Å². The number of aliphatic hydroxyl groups is 1. The number of nitro benzene ring substituents is 1. The van der Waals surface area contributed by atoms with Gasteiger partial charge in [0.25, 0.3) is 5.69 Å². The van der Waals surface area contributed by atoms with Gasteiger partial charge in [0.15, 0.2) is 4.90 Å². The van der Waals surface area contributed by atoms with Crippen LogP contribution in [-0.2, 0) is 10.0 Å². The summed E-state index contributed by atoms with van der Waals surface area (Å²) in [6.07, 6.45) is 2.21. The highest BCUT2D eigenvalue weighted by Crippen LogP contribution is 2.48. The van der Waals surface area contributed by atoms with Crippen molar-refractivity contribution < 1.29 is 18.4 Å². The fraction of sp³-hybridized carbons (Fsp3) is 0.500. The largest absolute Gasteiger partial charge is 0.396 e. The normalized spacial score (nSPS) is 16.7. The van der Waals surface area contributed by atoms with Crippen molar-refractivity contribution in [1.29, 1.82) is 0 Å². The van der Waals surface area contributed by atoms with Crippen LogP contribution in [0.2, 0.25) is 0 Å². The number of nitro groups is 1. The van der Waals surface area contributed by atoms with E-state index in [2.05, 4.69) is 20.7 Å². The molecule has 9 heteroatoms. The first-order valence-corrected chi connectivity index (χ1v) is 8.62. The van der Waals surface area contributed by atoms with Crippen molar-refractivity contribution in [3.63, 3.8) is 0 Å². The molecule has 0 atom stereocenters. The lowest BCUT2D eigenvalue weighted by Gasteiger charge is -2.15. The fourth-order valence-corrected chi connectivity index (χ4v) is 3.97. The monoisotopic (exact) mass is 378 g/mol. The minimum absolute atomic E-state index is 0.00123. The van der Waals surface area contributed by atoms with E-state index in [-0.39, 0.29) is 23.5 Å². The molecule has 0 heterocycles. The molecule has 1 aliphatic carbocycles. The van der Waals surface area contributed by atoms with Crippen LogP contribution in [0.3, 0.4) is 0 Å². The van der Waals surface area contributed by atoms with Gasteiger partial charge in [0.2, 0.25) is 10.0 Å². The van der Waals surface area contributed by atoms with Gasteiger partial charge in [-0.25, -0.2) is 13.1 Å². The molecule has 2 rings (SSSR count). The van der Waals surface area contributed by atoms with E-state index < -0.39 is 20.6 Å². The van der Waals surface area contributed by atoms with E-state index in [9.17, 15) is 18.5 Å². The number of nitrogens with one attached hydrogen (secondary N) is 1. The van der Waals surface area contributed by atoms with E-state index in [1.165, 1.54) is 12.1 Å². The van der Waals surface area contributed by atoms with Gasteiger partial charge in [-0.1, -0.05) is 15.9 Å². The zero-order chi connectivity index (χ0) is 15.7. The number of halogens is 1. The highest BCUT2D eigenvalue weighted by atomic mass is 79.9. The minimum atomic E-state index is -3.97. The molecule has 0 radical (unpaired) electrons. The Balaban J connectivity index is 2.23. The Kier molecular flexibility index (Phi) is 4.66. The van der Waals surface area contributed by atoms with Crippen LogP contribution >= 0.6 is 15.9 Å². The van der Waals surface area contributed by atoms with Crippen LogP contribution in [0.5, 0.6) is 0 Å². The molecule has 2 N–H and O–H groups in total. The average molecular weight is 379 g/mol. The summed E-state index contributed by atoms with van der Waals surface area (Å²) >= 11 is 3.12. The third kappa shape index (κ3) is 3.79. The topological polar surface area (TPSA) is 110 Å². The Bertz CT molecular complexity index is 658. The quantitative estimate of drug-likeness (QED) is 0.555. The Hall–Kier alpha value is -1.03. The van der Waals surface area contributed by atoms with Crippen molar-refractivity contribution in [3.05, 3.63) is 32.8 Å². The molecule has 116 valence electrons. The lowest BCUT2D eigenvalue weighted by Crippen LogP contribution is -2.31. The van der Waals surface area contributed by atoms with Gasteiger partial charge in [0, 0.05) is 23.7 Å². The minimum Gasteiger partial charge on any atom is -0.396 e. The molecule has 1 aromatic rings. The molecule has 7 nitrogen and oxygen atoms in total. The molecule has 1 aliphatic rings. The van der Waals surface area contributed by atoms with Crippen molar-refractivity contribution in [2.24, 2.45) is 5.41 Å². The van der Waals surface area contributed by atoms with Crippen molar-refractivity contribution in [2.75, 3.05) is 13.2 Å². The Morgan fingerprint density at radius 3 is 2.62 bits per heavy atom. The summed E-state index contributed by atoms with van der Waals surface area (Å²) in [5, 5.41) is 19.9. The van der Waals surface area contributed by atoms with Crippen LogP contribution in [-0.4, -0.2) is 31.6 Å². The van der Waals surface area contributed by atoms with E-state index in [1.54, 1.807) is 0 Å².